The molecule has 1 aromatic rings. The quantitative estimate of drug-likeness (QED) is 0.778. The summed E-state index contributed by atoms with van der Waals surface area (Å²) in [5.74, 6) is 0.517. The van der Waals surface area contributed by atoms with Crippen LogP contribution in [0.4, 0.5) is 0 Å². The zero-order valence-corrected chi connectivity index (χ0v) is 9.17. The van der Waals surface area contributed by atoms with Crippen molar-refractivity contribution in [2.45, 2.75) is 18.2 Å². The number of benzene rings is 1. The summed E-state index contributed by atoms with van der Waals surface area (Å²) in [6, 6.07) is 8.73. The van der Waals surface area contributed by atoms with Crippen LogP contribution in [0, 0.1) is 22.7 Å². The van der Waals surface area contributed by atoms with Gasteiger partial charge in [0.15, 0.2) is 0 Å². The Morgan fingerprint density at radius 2 is 2.07 bits per heavy atom. The lowest BCUT2D eigenvalue weighted by Crippen LogP contribution is -2.01. The first-order valence-corrected chi connectivity index (χ1v) is 5.88. The zero-order chi connectivity index (χ0) is 11.3. The van der Waals surface area contributed by atoms with Crippen molar-refractivity contribution in [1.82, 2.24) is 0 Å². The van der Waals surface area contributed by atoms with Crippen LogP contribution in [0.15, 0.2) is 23.1 Å². The Balaban J connectivity index is 3.26. The minimum atomic E-state index is -1.18. The lowest BCUT2D eigenvalue weighted by molar-refractivity contribution is 0.681. The molecule has 4 heteroatoms. The van der Waals surface area contributed by atoms with Gasteiger partial charge in [-0.3, -0.25) is 4.21 Å². The lowest BCUT2D eigenvalue weighted by Gasteiger charge is -2.03. The largest absolute Gasteiger partial charge is 0.254 e. The third-order valence-corrected chi connectivity index (χ3v) is 3.50. The first-order chi connectivity index (χ1) is 7.24. The highest BCUT2D eigenvalue weighted by atomic mass is 32.2. The zero-order valence-electron chi connectivity index (χ0n) is 8.36. The van der Waals surface area contributed by atoms with Gasteiger partial charge < -0.3 is 0 Å². The normalized spacial score (nSPS) is 11.4. The molecule has 1 atom stereocenters. The highest BCUT2D eigenvalue weighted by Gasteiger charge is 2.12. The van der Waals surface area contributed by atoms with Crippen molar-refractivity contribution >= 4 is 10.8 Å². The van der Waals surface area contributed by atoms with Gasteiger partial charge >= 0.3 is 0 Å². The predicted octanol–water partition coefficient (Wildman–Crippen LogP) is 1.95. The molecule has 1 unspecified atom stereocenters. The fourth-order valence-corrected chi connectivity index (χ4v) is 2.43. The van der Waals surface area contributed by atoms with Gasteiger partial charge in [0.1, 0.15) is 12.1 Å². The second-order valence-electron chi connectivity index (χ2n) is 2.95. The smallest absolute Gasteiger partial charge is 0.102 e. The Morgan fingerprint density at radius 3 is 2.60 bits per heavy atom. The first-order valence-electron chi connectivity index (χ1n) is 4.56. The Bertz CT molecular complexity index is 468. The van der Waals surface area contributed by atoms with E-state index in [1.807, 2.05) is 19.1 Å². The number of nitriles is 2. The van der Waals surface area contributed by atoms with Gasteiger partial charge in [-0.1, -0.05) is 13.0 Å². The molecule has 1 aromatic carbocycles. The minimum Gasteiger partial charge on any atom is -0.254 e. The second-order valence-corrected chi connectivity index (χ2v) is 4.49. The van der Waals surface area contributed by atoms with E-state index < -0.39 is 10.8 Å². The van der Waals surface area contributed by atoms with Gasteiger partial charge in [0.2, 0.25) is 0 Å². The van der Waals surface area contributed by atoms with Crippen molar-refractivity contribution in [3.8, 4) is 12.1 Å². The Kier molecular flexibility index (Phi) is 4.03. The number of rotatable bonds is 3. The SMILES string of the molecule is CCCS(=O)c1cccc(C#N)c1C#N. The van der Waals surface area contributed by atoms with Crippen LogP contribution in [-0.4, -0.2) is 9.96 Å². The van der Waals surface area contributed by atoms with Crippen LogP contribution in [0.2, 0.25) is 0 Å². The highest BCUT2D eigenvalue weighted by Crippen LogP contribution is 2.17. The van der Waals surface area contributed by atoms with Crippen LogP contribution in [-0.2, 0) is 10.8 Å². The third-order valence-electron chi connectivity index (χ3n) is 1.89. The van der Waals surface area contributed by atoms with E-state index in [9.17, 15) is 4.21 Å². The molecule has 0 saturated heterocycles. The van der Waals surface area contributed by atoms with E-state index in [2.05, 4.69) is 0 Å². The number of hydrogen-bond donors (Lipinski definition) is 0. The van der Waals surface area contributed by atoms with E-state index in [0.29, 0.717) is 16.2 Å². The van der Waals surface area contributed by atoms with Crippen molar-refractivity contribution in [3.05, 3.63) is 29.3 Å². The van der Waals surface area contributed by atoms with E-state index in [0.717, 1.165) is 6.42 Å². The number of nitrogens with zero attached hydrogens (tertiary/aromatic N) is 2. The predicted molar refractivity (Wildman–Crippen MR) is 57.4 cm³/mol. The standard InChI is InChI=1S/C11H10N2OS/c1-2-6-15(14)11-5-3-4-9(7-12)10(11)8-13/h3-5H,2,6H2,1H3. The maximum Gasteiger partial charge on any atom is 0.102 e. The summed E-state index contributed by atoms with van der Waals surface area (Å²) in [4.78, 5) is 0.471. The average molecular weight is 218 g/mol. The van der Waals surface area contributed by atoms with E-state index >= 15 is 0 Å². The van der Waals surface area contributed by atoms with Gasteiger partial charge in [-0.05, 0) is 18.6 Å². The van der Waals surface area contributed by atoms with Gasteiger partial charge in [0.05, 0.1) is 26.8 Å². The van der Waals surface area contributed by atoms with E-state index in [1.165, 1.54) is 0 Å². The highest BCUT2D eigenvalue weighted by molar-refractivity contribution is 7.85. The Morgan fingerprint density at radius 1 is 1.33 bits per heavy atom. The Labute approximate surface area is 91.4 Å². The van der Waals surface area contributed by atoms with E-state index in [1.54, 1.807) is 18.2 Å². The van der Waals surface area contributed by atoms with Crippen molar-refractivity contribution in [3.63, 3.8) is 0 Å². The van der Waals surface area contributed by atoms with Crippen molar-refractivity contribution in [2.24, 2.45) is 0 Å². The molecule has 0 aliphatic rings. The van der Waals surface area contributed by atoms with E-state index in [-0.39, 0.29) is 5.56 Å². The molecule has 15 heavy (non-hydrogen) atoms. The summed E-state index contributed by atoms with van der Waals surface area (Å²) >= 11 is 0. The molecule has 0 N–H and O–H groups in total. The maximum absolute atomic E-state index is 11.7. The summed E-state index contributed by atoms with van der Waals surface area (Å²) in [6.45, 7) is 1.93. The molecule has 3 nitrogen and oxygen atoms in total. The number of hydrogen-bond acceptors (Lipinski definition) is 3. The van der Waals surface area contributed by atoms with Crippen LogP contribution in [0.25, 0.3) is 0 Å². The molecule has 0 amide bonds. The summed E-state index contributed by atoms with van der Waals surface area (Å²) in [5, 5.41) is 17.7. The van der Waals surface area contributed by atoms with Crippen LogP contribution in [0.1, 0.15) is 24.5 Å². The molecule has 0 saturated carbocycles. The van der Waals surface area contributed by atoms with Gasteiger partial charge in [-0.15, -0.1) is 0 Å². The van der Waals surface area contributed by atoms with Crippen LogP contribution in [0.5, 0.6) is 0 Å². The molecule has 1 rings (SSSR count). The molecular weight excluding hydrogens is 208 g/mol. The monoisotopic (exact) mass is 218 g/mol. The fraction of sp³-hybridized carbons (Fsp3) is 0.273. The lowest BCUT2D eigenvalue weighted by atomic mass is 10.1. The third kappa shape index (κ3) is 2.43. The molecule has 0 fully saturated rings. The molecular formula is C11H10N2OS. The molecule has 0 heterocycles. The fourth-order valence-electron chi connectivity index (χ4n) is 1.22. The summed E-state index contributed by atoms with van der Waals surface area (Å²) in [5.41, 5.74) is 0.534. The second kappa shape index (κ2) is 5.29. The average Bonchev–Trinajstić information content (AvgIpc) is 2.28. The van der Waals surface area contributed by atoms with Crippen LogP contribution in [0.3, 0.4) is 0 Å². The van der Waals surface area contributed by atoms with Gasteiger partial charge in [-0.2, -0.15) is 10.5 Å². The van der Waals surface area contributed by atoms with Crippen molar-refractivity contribution in [1.29, 1.82) is 10.5 Å². The molecule has 76 valence electrons. The van der Waals surface area contributed by atoms with Crippen LogP contribution >= 0.6 is 0 Å². The molecule has 0 aliphatic heterocycles. The topological polar surface area (TPSA) is 64.7 Å². The molecule has 0 radical (unpaired) electrons. The summed E-state index contributed by atoms with van der Waals surface area (Å²) < 4.78 is 11.7. The molecule has 0 spiro atoms. The van der Waals surface area contributed by atoms with E-state index in [4.69, 9.17) is 10.5 Å². The van der Waals surface area contributed by atoms with Gasteiger partial charge in [0, 0.05) is 5.75 Å². The maximum atomic E-state index is 11.7. The first kappa shape index (κ1) is 11.4. The van der Waals surface area contributed by atoms with Crippen molar-refractivity contribution < 1.29 is 4.21 Å². The van der Waals surface area contributed by atoms with Crippen LogP contribution < -0.4 is 0 Å². The molecule has 0 bridgehead atoms. The molecule has 0 aliphatic carbocycles. The van der Waals surface area contributed by atoms with Gasteiger partial charge in [0.25, 0.3) is 0 Å². The minimum absolute atomic E-state index is 0.242. The van der Waals surface area contributed by atoms with Gasteiger partial charge in [-0.25, -0.2) is 0 Å². The van der Waals surface area contributed by atoms with Crippen molar-refractivity contribution in [2.75, 3.05) is 5.75 Å². The summed E-state index contributed by atoms with van der Waals surface area (Å²) in [7, 11) is -1.18. The molecule has 0 aromatic heterocycles. The Hall–Kier alpha value is -1.65. The summed E-state index contributed by atoms with van der Waals surface area (Å²) in [6.07, 6.45) is 0.786.